The molecule has 1 aliphatic heterocycles. The molecule has 0 amide bonds. The first-order chi connectivity index (χ1) is 8.08. The van der Waals surface area contributed by atoms with Gasteiger partial charge in [-0.05, 0) is 38.5 Å². The molecule has 1 aromatic carbocycles. The van der Waals surface area contributed by atoms with Gasteiger partial charge in [-0.25, -0.2) is 0 Å². The van der Waals surface area contributed by atoms with E-state index in [1.165, 1.54) is 5.69 Å². The van der Waals surface area contributed by atoms with Crippen molar-refractivity contribution in [3.05, 3.63) is 29.8 Å². The lowest BCUT2D eigenvalue weighted by Gasteiger charge is -2.38. The van der Waals surface area contributed by atoms with Gasteiger partial charge in [0.15, 0.2) is 0 Å². The number of anilines is 1. The lowest BCUT2D eigenvalue weighted by atomic mass is 10.1. The Hall–Kier alpha value is -1.06. The molecule has 0 radical (unpaired) electrons. The van der Waals surface area contributed by atoms with E-state index in [1.54, 1.807) is 6.92 Å². The Kier molecular flexibility index (Phi) is 3.69. The van der Waals surface area contributed by atoms with E-state index in [0.29, 0.717) is 6.04 Å². The molecular weight excluding hydrogens is 214 g/mol. The van der Waals surface area contributed by atoms with Gasteiger partial charge in [0.2, 0.25) is 0 Å². The quantitative estimate of drug-likeness (QED) is 0.854. The van der Waals surface area contributed by atoms with Crippen molar-refractivity contribution in [1.82, 2.24) is 0 Å². The van der Waals surface area contributed by atoms with Gasteiger partial charge in [0, 0.05) is 18.3 Å². The summed E-state index contributed by atoms with van der Waals surface area (Å²) < 4.78 is 5.62. The molecule has 0 saturated carbocycles. The fourth-order valence-electron chi connectivity index (χ4n) is 2.21. The Balaban J connectivity index is 2.15. The molecule has 0 aliphatic carbocycles. The van der Waals surface area contributed by atoms with Crippen LogP contribution < -0.4 is 4.90 Å². The van der Waals surface area contributed by atoms with Gasteiger partial charge in [-0.15, -0.1) is 0 Å². The summed E-state index contributed by atoms with van der Waals surface area (Å²) in [5.41, 5.74) is 2.17. The van der Waals surface area contributed by atoms with E-state index < -0.39 is 6.10 Å². The molecule has 1 fully saturated rings. The van der Waals surface area contributed by atoms with Gasteiger partial charge >= 0.3 is 0 Å². The minimum absolute atomic E-state index is 0.280. The largest absolute Gasteiger partial charge is 0.389 e. The summed E-state index contributed by atoms with van der Waals surface area (Å²) in [6, 6.07) is 8.55. The summed E-state index contributed by atoms with van der Waals surface area (Å²) in [7, 11) is 0. The number of aliphatic hydroxyl groups is 1. The zero-order valence-corrected chi connectivity index (χ0v) is 10.8. The number of morpholine rings is 1. The molecule has 94 valence electrons. The van der Waals surface area contributed by atoms with Crippen molar-refractivity contribution < 1.29 is 9.84 Å². The SMILES string of the molecule is CC1CN(c2ccc(C(C)O)cc2)C(C)CO1. The minimum Gasteiger partial charge on any atom is -0.389 e. The number of aliphatic hydroxyl groups excluding tert-OH is 1. The van der Waals surface area contributed by atoms with Gasteiger partial charge < -0.3 is 14.7 Å². The van der Waals surface area contributed by atoms with Crippen LogP contribution in [0.5, 0.6) is 0 Å². The van der Waals surface area contributed by atoms with Gasteiger partial charge in [0.05, 0.1) is 18.8 Å². The predicted molar refractivity (Wildman–Crippen MR) is 69.3 cm³/mol. The Bertz CT molecular complexity index is 361. The van der Waals surface area contributed by atoms with Crippen LogP contribution >= 0.6 is 0 Å². The van der Waals surface area contributed by atoms with E-state index in [0.717, 1.165) is 18.7 Å². The second-order valence-electron chi connectivity index (χ2n) is 4.91. The van der Waals surface area contributed by atoms with Crippen LogP contribution in [-0.2, 0) is 4.74 Å². The number of nitrogens with zero attached hydrogens (tertiary/aromatic N) is 1. The third-order valence-electron chi connectivity index (χ3n) is 3.31. The zero-order valence-electron chi connectivity index (χ0n) is 10.8. The third kappa shape index (κ3) is 2.79. The van der Waals surface area contributed by atoms with E-state index in [1.807, 2.05) is 12.1 Å². The first kappa shape index (κ1) is 12.4. The molecule has 2 rings (SSSR count). The van der Waals surface area contributed by atoms with Crippen LogP contribution in [0, 0.1) is 0 Å². The van der Waals surface area contributed by atoms with Crippen LogP contribution in [0.1, 0.15) is 32.4 Å². The average molecular weight is 235 g/mol. The van der Waals surface area contributed by atoms with Crippen LogP contribution in [0.4, 0.5) is 5.69 Å². The molecule has 0 spiro atoms. The third-order valence-corrected chi connectivity index (χ3v) is 3.31. The molecule has 1 N–H and O–H groups in total. The zero-order chi connectivity index (χ0) is 12.4. The first-order valence-electron chi connectivity index (χ1n) is 6.24. The van der Waals surface area contributed by atoms with Crippen molar-refractivity contribution in [1.29, 1.82) is 0 Å². The Morgan fingerprint density at radius 2 is 1.94 bits per heavy atom. The van der Waals surface area contributed by atoms with Gasteiger partial charge in [-0.1, -0.05) is 12.1 Å². The van der Waals surface area contributed by atoms with Gasteiger partial charge in [0.1, 0.15) is 0 Å². The summed E-state index contributed by atoms with van der Waals surface area (Å²) in [5.74, 6) is 0. The normalized spacial score (nSPS) is 26.9. The molecule has 3 atom stereocenters. The molecule has 3 heteroatoms. The standard InChI is InChI=1S/C14H21NO2/c1-10-9-17-11(2)8-15(10)14-6-4-13(5-7-14)12(3)16/h4-7,10-12,16H,8-9H2,1-3H3. The maximum atomic E-state index is 9.49. The van der Waals surface area contributed by atoms with Crippen molar-refractivity contribution >= 4 is 5.69 Å². The maximum Gasteiger partial charge on any atom is 0.0761 e. The number of hydrogen-bond acceptors (Lipinski definition) is 3. The molecule has 17 heavy (non-hydrogen) atoms. The second kappa shape index (κ2) is 5.07. The molecule has 0 bridgehead atoms. The Labute approximate surface area is 103 Å². The van der Waals surface area contributed by atoms with Crippen molar-refractivity contribution in [3.8, 4) is 0 Å². The lowest BCUT2D eigenvalue weighted by Crippen LogP contribution is -2.47. The van der Waals surface area contributed by atoms with Crippen LogP contribution in [0.2, 0.25) is 0 Å². The Morgan fingerprint density at radius 1 is 1.29 bits per heavy atom. The molecular formula is C14H21NO2. The smallest absolute Gasteiger partial charge is 0.0761 e. The maximum absolute atomic E-state index is 9.49. The summed E-state index contributed by atoms with van der Waals surface area (Å²) in [6.07, 6.45) is -0.118. The van der Waals surface area contributed by atoms with Gasteiger partial charge in [0.25, 0.3) is 0 Å². The highest BCUT2D eigenvalue weighted by Gasteiger charge is 2.23. The van der Waals surface area contributed by atoms with E-state index in [9.17, 15) is 5.11 Å². The fraction of sp³-hybridized carbons (Fsp3) is 0.571. The molecule has 1 heterocycles. The molecule has 1 aliphatic rings. The van der Waals surface area contributed by atoms with Crippen LogP contribution in [0.25, 0.3) is 0 Å². The van der Waals surface area contributed by atoms with Gasteiger partial charge in [-0.3, -0.25) is 0 Å². The Morgan fingerprint density at radius 3 is 2.53 bits per heavy atom. The summed E-state index contributed by atoms with van der Waals surface area (Å²) >= 11 is 0. The highest BCUT2D eigenvalue weighted by atomic mass is 16.5. The lowest BCUT2D eigenvalue weighted by molar-refractivity contribution is 0.0344. The fourth-order valence-corrected chi connectivity index (χ4v) is 2.21. The highest BCUT2D eigenvalue weighted by Crippen LogP contribution is 2.23. The van der Waals surface area contributed by atoms with Crippen molar-refractivity contribution in [2.45, 2.75) is 39.0 Å². The van der Waals surface area contributed by atoms with Crippen LogP contribution in [0.3, 0.4) is 0 Å². The molecule has 1 saturated heterocycles. The predicted octanol–water partition coefficient (Wildman–Crippen LogP) is 2.35. The summed E-state index contributed by atoms with van der Waals surface area (Å²) in [6.45, 7) is 7.76. The molecule has 3 unspecified atom stereocenters. The van der Waals surface area contributed by atoms with Gasteiger partial charge in [-0.2, -0.15) is 0 Å². The van der Waals surface area contributed by atoms with Crippen LogP contribution in [0.15, 0.2) is 24.3 Å². The van der Waals surface area contributed by atoms with Crippen LogP contribution in [-0.4, -0.2) is 30.4 Å². The molecule has 1 aromatic rings. The molecule has 3 nitrogen and oxygen atoms in total. The van der Waals surface area contributed by atoms with E-state index in [4.69, 9.17) is 4.74 Å². The first-order valence-corrected chi connectivity index (χ1v) is 6.24. The number of hydrogen-bond donors (Lipinski definition) is 1. The molecule has 0 aromatic heterocycles. The topological polar surface area (TPSA) is 32.7 Å². The highest BCUT2D eigenvalue weighted by molar-refractivity contribution is 5.49. The van der Waals surface area contributed by atoms with Crippen molar-refractivity contribution in [3.63, 3.8) is 0 Å². The van der Waals surface area contributed by atoms with Crippen molar-refractivity contribution in [2.75, 3.05) is 18.1 Å². The second-order valence-corrected chi connectivity index (χ2v) is 4.91. The minimum atomic E-state index is -0.398. The summed E-state index contributed by atoms with van der Waals surface area (Å²) in [5, 5.41) is 9.49. The van der Waals surface area contributed by atoms with Crippen molar-refractivity contribution in [2.24, 2.45) is 0 Å². The number of rotatable bonds is 2. The number of ether oxygens (including phenoxy) is 1. The summed E-state index contributed by atoms with van der Waals surface area (Å²) in [4.78, 5) is 2.36. The van der Waals surface area contributed by atoms with E-state index in [-0.39, 0.29) is 6.10 Å². The monoisotopic (exact) mass is 235 g/mol. The average Bonchev–Trinajstić information content (AvgIpc) is 2.32. The van der Waals surface area contributed by atoms with E-state index >= 15 is 0 Å². The number of benzene rings is 1. The van der Waals surface area contributed by atoms with E-state index in [2.05, 4.69) is 30.9 Å².